The first-order valence-electron chi connectivity index (χ1n) is 17.8. The Kier molecular flexibility index (Phi) is 11.4. The number of rotatable bonds is 12. The van der Waals surface area contributed by atoms with Gasteiger partial charge in [0.15, 0.2) is 0 Å². The van der Waals surface area contributed by atoms with Crippen molar-refractivity contribution in [2.24, 2.45) is 11.8 Å². The number of pyridine rings is 3. The molecule has 2 fully saturated rings. The number of anilines is 2. The summed E-state index contributed by atoms with van der Waals surface area (Å²) in [6.45, 7) is 3.99. The zero-order chi connectivity index (χ0) is 35.0. The van der Waals surface area contributed by atoms with Crippen molar-refractivity contribution >= 4 is 27.6 Å². The average molecular weight is 751 g/mol. The number of ether oxygens (including phenoxy) is 2. The molecule has 0 saturated carbocycles. The maximum Gasteiger partial charge on any atom is 0.225 e. The van der Waals surface area contributed by atoms with Crippen LogP contribution in [0.25, 0.3) is 11.1 Å². The number of aromatic nitrogens is 3. The number of halogens is 1. The molecule has 2 aliphatic heterocycles. The lowest BCUT2D eigenvalue weighted by Gasteiger charge is -2.40. The molecule has 0 aliphatic carbocycles. The minimum atomic E-state index is -0.730. The molecule has 2 atom stereocenters. The third-order valence-corrected chi connectivity index (χ3v) is 10.6. The van der Waals surface area contributed by atoms with Crippen LogP contribution in [0.4, 0.5) is 11.6 Å². The van der Waals surface area contributed by atoms with Crippen LogP contribution in [0.1, 0.15) is 36.8 Å². The molecule has 5 aromatic rings. The summed E-state index contributed by atoms with van der Waals surface area (Å²) in [6.07, 6.45) is 5.51. The second kappa shape index (κ2) is 16.7. The molecule has 2 N–H and O–H groups in total. The van der Waals surface area contributed by atoms with Crippen molar-refractivity contribution < 1.29 is 19.7 Å². The fourth-order valence-electron chi connectivity index (χ4n) is 7.08. The van der Waals surface area contributed by atoms with Gasteiger partial charge >= 0.3 is 0 Å². The van der Waals surface area contributed by atoms with E-state index in [1.165, 1.54) is 0 Å². The molecule has 7 rings (SSSR count). The first-order chi connectivity index (χ1) is 25.0. The maximum atomic E-state index is 11.2. The molecule has 264 valence electrons. The van der Waals surface area contributed by atoms with Crippen molar-refractivity contribution in [2.75, 3.05) is 36.0 Å². The summed E-state index contributed by atoms with van der Waals surface area (Å²) < 4.78 is 13.2. The van der Waals surface area contributed by atoms with E-state index in [4.69, 9.17) is 19.4 Å². The van der Waals surface area contributed by atoms with E-state index in [9.17, 15) is 10.2 Å². The zero-order valence-electron chi connectivity index (χ0n) is 28.6. The van der Waals surface area contributed by atoms with Crippen molar-refractivity contribution in [1.82, 2.24) is 15.0 Å². The van der Waals surface area contributed by atoms with Crippen LogP contribution in [-0.4, -0.2) is 63.6 Å². The van der Waals surface area contributed by atoms with Gasteiger partial charge in [-0.2, -0.15) is 4.98 Å². The molecule has 5 heterocycles. The van der Waals surface area contributed by atoms with Crippen LogP contribution < -0.4 is 19.3 Å². The van der Waals surface area contributed by atoms with E-state index in [1.807, 2.05) is 103 Å². The van der Waals surface area contributed by atoms with Crippen molar-refractivity contribution in [3.8, 4) is 22.9 Å². The van der Waals surface area contributed by atoms with E-state index in [-0.39, 0.29) is 11.8 Å². The molecule has 2 aromatic carbocycles. The molecule has 2 aliphatic rings. The summed E-state index contributed by atoms with van der Waals surface area (Å²) >= 11 is 3.45. The summed E-state index contributed by atoms with van der Waals surface area (Å²) in [5, 5.41) is 22.4. The Balaban J connectivity index is 0.952. The van der Waals surface area contributed by atoms with Gasteiger partial charge in [-0.3, -0.25) is 0 Å². The Hall–Kier alpha value is -4.51. The lowest BCUT2D eigenvalue weighted by Crippen LogP contribution is -2.47. The summed E-state index contributed by atoms with van der Waals surface area (Å²) in [4.78, 5) is 18.6. The number of benzene rings is 2. The lowest BCUT2D eigenvalue weighted by molar-refractivity contribution is -0.0573. The van der Waals surface area contributed by atoms with Gasteiger partial charge in [0.05, 0.1) is 12.2 Å². The fourth-order valence-corrected chi connectivity index (χ4v) is 7.31. The molecule has 9 nitrogen and oxygen atoms in total. The van der Waals surface area contributed by atoms with Crippen LogP contribution in [0.15, 0.2) is 114 Å². The maximum absolute atomic E-state index is 11.2. The zero-order valence-corrected chi connectivity index (χ0v) is 30.2. The van der Waals surface area contributed by atoms with E-state index in [0.29, 0.717) is 25.0 Å². The number of hydrogen-bond acceptors (Lipinski definition) is 9. The highest BCUT2D eigenvalue weighted by Crippen LogP contribution is 2.34. The van der Waals surface area contributed by atoms with Gasteiger partial charge in [-0.1, -0.05) is 60.7 Å². The quantitative estimate of drug-likeness (QED) is 0.136. The first kappa shape index (κ1) is 34.9. The molecule has 0 bridgehead atoms. The number of hydrogen-bond donors (Lipinski definition) is 2. The Morgan fingerprint density at radius 1 is 0.627 bits per heavy atom. The minimum absolute atomic E-state index is 0.0553. The molecule has 3 aromatic heterocycles. The topological polar surface area (TPSA) is 104 Å². The molecule has 10 heteroatoms. The van der Waals surface area contributed by atoms with Crippen molar-refractivity contribution in [3.05, 3.63) is 125 Å². The predicted octanol–water partition coefficient (Wildman–Crippen LogP) is 7.31. The van der Waals surface area contributed by atoms with E-state index >= 15 is 0 Å². The van der Waals surface area contributed by atoms with Gasteiger partial charge in [0, 0.05) is 60.2 Å². The Labute approximate surface area is 308 Å². The van der Waals surface area contributed by atoms with Crippen molar-refractivity contribution in [3.63, 3.8) is 0 Å². The second-order valence-corrected chi connectivity index (χ2v) is 14.3. The van der Waals surface area contributed by atoms with E-state index < -0.39 is 12.2 Å². The Bertz CT molecular complexity index is 1820. The standard InChI is InChI=1S/C41H44BrN5O4/c42-34-12-15-37(44-26-34)47-23-19-32(20-24-47)40(49)39(48)31-17-21-46(22-18-31)36-14-11-33(25-43-36)35-13-16-38(50-27-29-7-3-1-4-8-29)45-41(35)51-28-30-9-5-2-6-10-30/h1-16,25-26,31-32,39-40,48-49H,17-24,27-28H2. The molecular formula is C41H44BrN5O4. The highest BCUT2D eigenvalue weighted by atomic mass is 79.9. The number of nitrogens with zero attached hydrogens (tertiary/aromatic N) is 5. The molecule has 0 spiro atoms. The largest absolute Gasteiger partial charge is 0.473 e. The molecule has 0 radical (unpaired) electrons. The number of piperidine rings is 2. The van der Waals surface area contributed by atoms with Crippen LogP contribution in [0.2, 0.25) is 0 Å². The van der Waals surface area contributed by atoms with Crippen LogP contribution in [0.3, 0.4) is 0 Å². The van der Waals surface area contributed by atoms with Crippen LogP contribution in [-0.2, 0) is 13.2 Å². The van der Waals surface area contributed by atoms with Crippen molar-refractivity contribution in [2.45, 2.75) is 51.1 Å². The normalized spacial score (nSPS) is 16.8. The van der Waals surface area contributed by atoms with E-state index in [0.717, 1.165) is 90.2 Å². The second-order valence-electron chi connectivity index (χ2n) is 13.4. The van der Waals surface area contributed by atoms with Gasteiger partial charge in [0.1, 0.15) is 24.8 Å². The summed E-state index contributed by atoms with van der Waals surface area (Å²) in [5.41, 5.74) is 3.86. The Morgan fingerprint density at radius 3 is 1.67 bits per heavy atom. The van der Waals surface area contributed by atoms with E-state index in [2.05, 4.69) is 36.8 Å². The van der Waals surface area contributed by atoms with Gasteiger partial charge in [-0.15, -0.1) is 0 Å². The van der Waals surface area contributed by atoms with Crippen LogP contribution in [0.5, 0.6) is 11.8 Å². The van der Waals surface area contributed by atoms with Crippen LogP contribution in [0, 0.1) is 11.8 Å². The van der Waals surface area contributed by atoms with Crippen LogP contribution >= 0.6 is 15.9 Å². The summed E-state index contributed by atoms with van der Waals surface area (Å²) in [5.74, 6) is 2.97. The highest BCUT2D eigenvalue weighted by Gasteiger charge is 2.36. The first-order valence-corrected chi connectivity index (χ1v) is 18.6. The summed E-state index contributed by atoms with van der Waals surface area (Å²) in [6, 6.07) is 32.0. The Morgan fingerprint density at radius 2 is 1.16 bits per heavy atom. The number of aliphatic hydroxyl groups excluding tert-OH is 2. The van der Waals surface area contributed by atoms with Gasteiger partial charge < -0.3 is 29.5 Å². The molecule has 2 saturated heterocycles. The molecule has 51 heavy (non-hydrogen) atoms. The minimum Gasteiger partial charge on any atom is -0.473 e. The number of aliphatic hydroxyl groups is 2. The van der Waals surface area contributed by atoms with Gasteiger partial charge in [-0.05, 0) is 94.9 Å². The van der Waals surface area contributed by atoms with Gasteiger partial charge in [0.2, 0.25) is 11.8 Å². The fraction of sp³-hybridized carbons (Fsp3) is 0.341. The van der Waals surface area contributed by atoms with E-state index in [1.54, 1.807) is 0 Å². The predicted molar refractivity (Wildman–Crippen MR) is 203 cm³/mol. The molecule has 0 amide bonds. The van der Waals surface area contributed by atoms with Gasteiger partial charge in [-0.25, -0.2) is 9.97 Å². The SMILES string of the molecule is OC(C1CCN(c2ccc(Br)cn2)CC1)C(O)C1CCN(c2ccc(-c3ccc(OCc4ccccc4)nc3OCc3ccccc3)cn2)CC1. The molecule has 2 unspecified atom stereocenters. The smallest absolute Gasteiger partial charge is 0.225 e. The lowest BCUT2D eigenvalue weighted by atomic mass is 9.81. The van der Waals surface area contributed by atoms with Crippen molar-refractivity contribution in [1.29, 1.82) is 0 Å². The third-order valence-electron chi connectivity index (χ3n) is 10.1. The summed E-state index contributed by atoms with van der Waals surface area (Å²) in [7, 11) is 0. The highest BCUT2D eigenvalue weighted by molar-refractivity contribution is 9.10. The third kappa shape index (κ3) is 8.87. The average Bonchev–Trinajstić information content (AvgIpc) is 3.20. The molecular weight excluding hydrogens is 706 g/mol. The monoisotopic (exact) mass is 749 g/mol. The van der Waals surface area contributed by atoms with Gasteiger partial charge in [0.25, 0.3) is 0 Å².